The predicted octanol–water partition coefficient (Wildman–Crippen LogP) is 4.18. The molecule has 0 spiro atoms. The number of pyridine rings is 3. The van der Waals surface area contributed by atoms with Crippen LogP contribution in [-0.4, -0.2) is 74.8 Å². The van der Waals surface area contributed by atoms with E-state index in [1.54, 1.807) is 32.6 Å². The average Bonchev–Trinajstić information content (AvgIpc) is 3.69. The smallest absolute Gasteiger partial charge is 0.341 e. The topological polar surface area (TPSA) is 119 Å². The molecule has 0 amide bonds. The first kappa shape index (κ1) is 26.3. The number of benzene rings is 1. The minimum atomic E-state index is -1.33. The van der Waals surface area contributed by atoms with E-state index < -0.39 is 23.0 Å². The van der Waals surface area contributed by atoms with Crippen LogP contribution < -0.4 is 15.6 Å². The summed E-state index contributed by atoms with van der Waals surface area (Å²) in [5.41, 5.74) is 2.38. The van der Waals surface area contributed by atoms with Gasteiger partial charge in [0.15, 0.2) is 11.6 Å². The third kappa shape index (κ3) is 3.71. The van der Waals surface area contributed by atoms with Crippen LogP contribution in [0.2, 0.25) is 0 Å². The van der Waals surface area contributed by atoms with Crippen molar-refractivity contribution in [3.8, 4) is 11.1 Å². The van der Waals surface area contributed by atoms with Crippen molar-refractivity contribution in [2.45, 2.75) is 19.4 Å². The summed E-state index contributed by atoms with van der Waals surface area (Å²) in [7, 11) is 3.28. The van der Waals surface area contributed by atoms with Crippen LogP contribution in [0.15, 0.2) is 35.5 Å². The molecule has 2 fully saturated rings. The Labute approximate surface area is 238 Å². The summed E-state index contributed by atoms with van der Waals surface area (Å²) in [5.74, 6) is -2.85. The molecule has 2 aliphatic rings. The van der Waals surface area contributed by atoms with Crippen molar-refractivity contribution in [1.29, 1.82) is 0 Å². The Morgan fingerprint density at radius 1 is 1.19 bits per heavy atom. The van der Waals surface area contributed by atoms with Gasteiger partial charge in [0, 0.05) is 75.6 Å². The van der Waals surface area contributed by atoms with E-state index in [2.05, 4.69) is 37.0 Å². The fraction of sp³-hybridized carbons (Fsp3) is 0.333. The summed E-state index contributed by atoms with van der Waals surface area (Å²) in [6.45, 7) is 5.57. The molecular weight excluding hydrogens is 544 g/mol. The highest BCUT2D eigenvalue weighted by molar-refractivity contribution is 6.18. The number of rotatable bonds is 5. The summed E-state index contributed by atoms with van der Waals surface area (Å²) in [6.07, 6.45) is 5.48. The number of nitrogens with one attached hydrogen (secondary N) is 2. The first-order valence-electron chi connectivity index (χ1n) is 13.9. The van der Waals surface area contributed by atoms with Crippen LogP contribution in [0.25, 0.3) is 44.1 Å². The standard InChI is InChI=1S/C30H29F2N7O3/c1-4-38-11-14-5-6-39(21(14)13-38)26-17(15-7-16-27(40)18(30(41)42)12-37(3)29(16)35-9-15)10-34-28-23(26)22-24(32)19(31)8-20(33-2)25(22)36-28/h7-10,12,14,21,33H,4-6,11,13H2,1-3H3,(H,34,36)(H,41,42)/t14-,21+/m0/s1. The van der Waals surface area contributed by atoms with Crippen LogP contribution in [0.3, 0.4) is 0 Å². The molecule has 10 nitrogen and oxygen atoms in total. The highest BCUT2D eigenvalue weighted by Crippen LogP contribution is 2.47. The van der Waals surface area contributed by atoms with Gasteiger partial charge in [-0.1, -0.05) is 6.92 Å². The van der Waals surface area contributed by atoms with Gasteiger partial charge >= 0.3 is 5.97 Å². The fourth-order valence-corrected chi connectivity index (χ4v) is 6.90. The third-order valence-electron chi connectivity index (χ3n) is 8.95. The molecule has 6 heterocycles. The number of aromatic nitrogens is 4. The first-order chi connectivity index (χ1) is 20.2. The van der Waals surface area contributed by atoms with E-state index in [1.165, 1.54) is 10.8 Å². The Hall–Kier alpha value is -4.58. The number of aromatic amines is 1. The molecule has 2 atom stereocenters. The molecule has 0 unspecified atom stereocenters. The number of hydrogen-bond acceptors (Lipinski definition) is 7. The zero-order valence-electron chi connectivity index (χ0n) is 23.3. The van der Waals surface area contributed by atoms with Crippen molar-refractivity contribution in [1.82, 2.24) is 24.4 Å². The van der Waals surface area contributed by atoms with Gasteiger partial charge in [0.2, 0.25) is 5.43 Å². The monoisotopic (exact) mass is 573 g/mol. The molecule has 2 aliphatic heterocycles. The summed E-state index contributed by atoms with van der Waals surface area (Å²) >= 11 is 0. The predicted molar refractivity (Wildman–Crippen MR) is 157 cm³/mol. The Morgan fingerprint density at radius 2 is 2.00 bits per heavy atom. The molecule has 3 N–H and O–H groups in total. The number of anilines is 2. The third-order valence-corrected chi connectivity index (χ3v) is 8.95. The summed E-state index contributed by atoms with van der Waals surface area (Å²) < 4.78 is 32.1. The van der Waals surface area contributed by atoms with E-state index in [1.807, 2.05) is 0 Å². The van der Waals surface area contributed by atoms with Gasteiger partial charge in [-0.15, -0.1) is 0 Å². The lowest BCUT2D eigenvalue weighted by Gasteiger charge is -2.30. The quantitative estimate of drug-likeness (QED) is 0.287. The zero-order chi connectivity index (χ0) is 29.4. The summed E-state index contributed by atoms with van der Waals surface area (Å²) in [4.78, 5) is 42.0. The Balaban J connectivity index is 1.56. The SMILES string of the molecule is CCN1C[C@@H]2CCN(c3c(-c4cnc5c(c4)c(=O)c(C(=O)O)cn5C)cnc4[nH]c5c(NC)cc(F)c(F)c5c34)[C@@H]2C1. The van der Waals surface area contributed by atoms with Gasteiger partial charge in [-0.2, -0.15) is 0 Å². The van der Waals surface area contributed by atoms with Gasteiger partial charge in [0.25, 0.3) is 0 Å². The van der Waals surface area contributed by atoms with Crippen molar-refractivity contribution in [2.75, 3.05) is 43.4 Å². The highest BCUT2D eigenvalue weighted by atomic mass is 19.2. The molecule has 7 rings (SSSR count). The molecule has 0 aliphatic carbocycles. The average molecular weight is 574 g/mol. The number of carboxylic acid groups (broad SMARTS) is 1. The van der Waals surface area contributed by atoms with Crippen LogP contribution >= 0.6 is 0 Å². The van der Waals surface area contributed by atoms with Crippen LogP contribution in [0, 0.1) is 17.6 Å². The number of aryl methyl sites for hydroxylation is 1. The number of likely N-dealkylation sites (tertiary alicyclic amines) is 1. The van der Waals surface area contributed by atoms with Crippen molar-refractivity contribution < 1.29 is 18.7 Å². The maximum absolute atomic E-state index is 15.7. The summed E-state index contributed by atoms with van der Waals surface area (Å²) in [6, 6.07) is 2.90. The van der Waals surface area contributed by atoms with E-state index in [0.29, 0.717) is 57.2 Å². The molecule has 5 aromatic rings. The van der Waals surface area contributed by atoms with Crippen LogP contribution in [0.4, 0.5) is 20.2 Å². The molecule has 0 saturated carbocycles. The second-order valence-corrected chi connectivity index (χ2v) is 11.1. The number of halogens is 2. The van der Waals surface area contributed by atoms with E-state index in [0.717, 1.165) is 32.1 Å². The second kappa shape index (κ2) is 9.48. The molecule has 2 saturated heterocycles. The number of nitrogens with zero attached hydrogens (tertiary/aromatic N) is 5. The molecule has 1 aromatic carbocycles. The van der Waals surface area contributed by atoms with Crippen molar-refractivity contribution in [3.05, 3.63) is 58.1 Å². The summed E-state index contributed by atoms with van der Waals surface area (Å²) in [5, 5.41) is 13.3. The Morgan fingerprint density at radius 3 is 2.74 bits per heavy atom. The number of H-pyrrole nitrogens is 1. The van der Waals surface area contributed by atoms with Crippen molar-refractivity contribution >= 4 is 50.3 Å². The highest BCUT2D eigenvalue weighted by Gasteiger charge is 2.42. The number of fused-ring (bicyclic) bond motifs is 5. The van der Waals surface area contributed by atoms with Crippen LogP contribution in [0.5, 0.6) is 0 Å². The lowest BCUT2D eigenvalue weighted by Crippen LogP contribution is -2.35. The molecule has 4 aromatic heterocycles. The zero-order valence-corrected chi connectivity index (χ0v) is 23.3. The number of aromatic carboxylic acids is 1. The number of likely N-dealkylation sites (N-methyl/N-ethyl adjacent to an activating group) is 1. The minimum absolute atomic E-state index is 0.102. The lowest BCUT2D eigenvalue weighted by atomic mass is 9.99. The largest absolute Gasteiger partial charge is 0.477 e. The molecule has 0 bridgehead atoms. The number of carboxylic acids is 1. The van der Waals surface area contributed by atoms with Gasteiger partial charge in [-0.3, -0.25) is 4.79 Å². The normalized spacial score (nSPS) is 18.9. The van der Waals surface area contributed by atoms with E-state index in [4.69, 9.17) is 0 Å². The minimum Gasteiger partial charge on any atom is -0.477 e. The van der Waals surface area contributed by atoms with Gasteiger partial charge in [-0.05, 0) is 24.9 Å². The maximum Gasteiger partial charge on any atom is 0.341 e. The van der Waals surface area contributed by atoms with Gasteiger partial charge < -0.3 is 29.8 Å². The van der Waals surface area contributed by atoms with Crippen LogP contribution in [-0.2, 0) is 7.05 Å². The van der Waals surface area contributed by atoms with Crippen LogP contribution in [0.1, 0.15) is 23.7 Å². The van der Waals surface area contributed by atoms with Gasteiger partial charge in [0.05, 0.1) is 33.1 Å². The van der Waals surface area contributed by atoms with Gasteiger partial charge in [-0.25, -0.2) is 23.5 Å². The Bertz CT molecular complexity index is 2000. The number of carbonyl (C=O) groups is 1. The fourth-order valence-electron chi connectivity index (χ4n) is 6.90. The maximum atomic E-state index is 15.7. The molecule has 216 valence electrons. The second-order valence-electron chi connectivity index (χ2n) is 11.1. The Kier molecular flexibility index (Phi) is 5.94. The van der Waals surface area contributed by atoms with Crippen molar-refractivity contribution in [2.24, 2.45) is 13.0 Å². The van der Waals surface area contributed by atoms with E-state index in [-0.39, 0.29) is 22.4 Å². The molecule has 42 heavy (non-hydrogen) atoms. The van der Waals surface area contributed by atoms with E-state index >= 15 is 4.39 Å². The van der Waals surface area contributed by atoms with Crippen molar-refractivity contribution in [3.63, 3.8) is 0 Å². The number of hydrogen-bond donors (Lipinski definition) is 3. The molecule has 0 radical (unpaired) electrons. The first-order valence-corrected chi connectivity index (χ1v) is 13.9. The lowest BCUT2D eigenvalue weighted by molar-refractivity contribution is 0.0695. The molecular formula is C30H29F2N7O3. The van der Waals surface area contributed by atoms with E-state index in [9.17, 15) is 19.1 Å². The molecule has 12 heteroatoms. The van der Waals surface area contributed by atoms with Gasteiger partial charge in [0.1, 0.15) is 16.9 Å².